The molecule has 3 aliphatic rings. The third-order valence-corrected chi connectivity index (χ3v) is 8.15. The summed E-state index contributed by atoms with van der Waals surface area (Å²) in [6.45, 7) is 0.862. The first-order valence-corrected chi connectivity index (χ1v) is 11.2. The number of sulfonamides is 1. The highest BCUT2D eigenvalue weighted by Gasteiger charge is 2.52. The largest absolute Gasteiger partial charge is 0.283 e. The summed E-state index contributed by atoms with van der Waals surface area (Å²) in [6, 6.07) is 2.34. The zero-order valence-electron chi connectivity index (χ0n) is 15.9. The molecule has 1 aliphatic carbocycles. The molecule has 1 aromatic carbocycles. The fourth-order valence-corrected chi connectivity index (χ4v) is 6.07. The van der Waals surface area contributed by atoms with Crippen LogP contribution in [0.25, 0.3) is 0 Å². The zero-order valence-corrected chi connectivity index (χ0v) is 16.8. The smallest absolute Gasteiger partial charge is 0.246 e. The van der Waals surface area contributed by atoms with Gasteiger partial charge in [-0.3, -0.25) is 19.4 Å². The van der Waals surface area contributed by atoms with Crippen molar-refractivity contribution < 1.29 is 26.8 Å². The van der Waals surface area contributed by atoms with E-state index in [0.717, 1.165) is 42.1 Å². The number of carbonyl (C=O) groups excluding carboxylic acids is 2. The van der Waals surface area contributed by atoms with Crippen molar-refractivity contribution in [2.75, 3.05) is 32.8 Å². The van der Waals surface area contributed by atoms with Crippen molar-refractivity contribution in [1.29, 1.82) is 0 Å². The number of rotatable bonds is 4. The molecule has 1 aromatic rings. The Kier molecular flexibility index (Phi) is 5.20. The molecule has 0 unspecified atom stereocenters. The Labute approximate surface area is 168 Å². The molecule has 4 rings (SSSR count). The number of benzene rings is 1. The molecular formula is C19H23F2N3O4S. The van der Waals surface area contributed by atoms with Crippen LogP contribution in [0.3, 0.4) is 0 Å². The minimum absolute atomic E-state index is 0.0691. The van der Waals surface area contributed by atoms with E-state index in [9.17, 15) is 26.8 Å². The molecule has 2 heterocycles. The van der Waals surface area contributed by atoms with Gasteiger partial charge in [-0.25, -0.2) is 17.2 Å². The highest BCUT2D eigenvalue weighted by molar-refractivity contribution is 7.89. The Morgan fingerprint density at radius 1 is 1.00 bits per heavy atom. The summed E-state index contributed by atoms with van der Waals surface area (Å²) in [5.41, 5.74) is -0.531. The molecule has 0 atom stereocenters. The van der Waals surface area contributed by atoms with E-state index < -0.39 is 32.0 Å². The van der Waals surface area contributed by atoms with Gasteiger partial charge in [-0.15, -0.1) is 0 Å². The van der Waals surface area contributed by atoms with Crippen molar-refractivity contribution in [3.8, 4) is 0 Å². The molecule has 1 saturated carbocycles. The second kappa shape index (κ2) is 7.41. The predicted molar refractivity (Wildman–Crippen MR) is 98.9 cm³/mol. The van der Waals surface area contributed by atoms with Gasteiger partial charge >= 0.3 is 0 Å². The van der Waals surface area contributed by atoms with E-state index >= 15 is 0 Å². The van der Waals surface area contributed by atoms with Crippen LogP contribution >= 0.6 is 0 Å². The van der Waals surface area contributed by atoms with E-state index in [0.29, 0.717) is 19.2 Å². The van der Waals surface area contributed by atoms with Gasteiger partial charge in [-0.1, -0.05) is 12.8 Å². The molecule has 1 spiro atoms. The first-order chi connectivity index (χ1) is 13.7. The number of likely N-dealkylation sites (tertiary alicyclic amines) is 1. The monoisotopic (exact) mass is 427 g/mol. The van der Waals surface area contributed by atoms with Crippen LogP contribution in [0, 0.1) is 17.0 Å². The lowest BCUT2D eigenvalue weighted by molar-refractivity contribution is -0.144. The highest BCUT2D eigenvalue weighted by Crippen LogP contribution is 2.46. The van der Waals surface area contributed by atoms with Gasteiger partial charge in [0.05, 0.1) is 12.1 Å². The summed E-state index contributed by atoms with van der Waals surface area (Å²) >= 11 is 0. The topological polar surface area (TPSA) is 78.0 Å². The number of hydrogen-bond acceptors (Lipinski definition) is 5. The number of amides is 2. The number of hydrogen-bond donors (Lipinski definition) is 0. The number of piperazine rings is 1. The van der Waals surface area contributed by atoms with Crippen molar-refractivity contribution >= 4 is 21.8 Å². The molecule has 158 valence electrons. The van der Waals surface area contributed by atoms with Crippen molar-refractivity contribution in [2.45, 2.75) is 37.0 Å². The van der Waals surface area contributed by atoms with Crippen LogP contribution in [0.5, 0.6) is 0 Å². The maximum atomic E-state index is 13.9. The van der Waals surface area contributed by atoms with Crippen molar-refractivity contribution in [1.82, 2.24) is 14.1 Å². The van der Waals surface area contributed by atoms with Crippen molar-refractivity contribution in [3.05, 3.63) is 29.8 Å². The average Bonchev–Trinajstić information content (AvgIpc) is 3.25. The molecule has 7 nitrogen and oxygen atoms in total. The molecular weight excluding hydrogens is 404 g/mol. The molecule has 0 N–H and O–H groups in total. The summed E-state index contributed by atoms with van der Waals surface area (Å²) in [6.07, 6.45) is 3.68. The van der Waals surface area contributed by atoms with Crippen LogP contribution in [0.15, 0.2) is 23.1 Å². The van der Waals surface area contributed by atoms with Gasteiger partial charge in [0.15, 0.2) is 0 Å². The summed E-state index contributed by atoms with van der Waals surface area (Å²) in [5.74, 6) is -2.11. The summed E-state index contributed by atoms with van der Waals surface area (Å²) < 4.78 is 53.8. The van der Waals surface area contributed by atoms with E-state index in [1.165, 1.54) is 4.90 Å². The van der Waals surface area contributed by atoms with Crippen LogP contribution in [0.4, 0.5) is 8.78 Å². The molecule has 2 amide bonds. The van der Waals surface area contributed by atoms with E-state index in [4.69, 9.17) is 0 Å². The number of carbonyl (C=O) groups is 2. The lowest BCUT2D eigenvalue weighted by Crippen LogP contribution is -2.52. The number of imide groups is 1. The summed E-state index contributed by atoms with van der Waals surface area (Å²) in [4.78, 5) is 27.6. The number of nitrogens with zero attached hydrogens (tertiary/aromatic N) is 3. The molecule has 0 radical (unpaired) electrons. The van der Waals surface area contributed by atoms with Crippen molar-refractivity contribution in [2.24, 2.45) is 5.41 Å². The van der Waals surface area contributed by atoms with Crippen molar-refractivity contribution in [3.63, 3.8) is 0 Å². The predicted octanol–water partition coefficient (Wildman–Crippen LogP) is 1.55. The maximum Gasteiger partial charge on any atom is 0.246 e. The molecule has 3 fully saturated rings. The minimum Gasteiger partial charge on any atom is -0.283 e. The van der Waals surface area contributed by atoms with E-state index in [-0.39, 0.29) is 38.0 Å². The fraction of sp³-hybridized carbons (Fsp3) is 0.579. The molecule has 0 aromatic heterocycles. The van der Waals surface area contributed by atoms with Crippen LogP contribution in [0.2, 0.25) is 0 Å². The van der Waals surface area contributed by atoms with Gasteiger partial charge in [0.25, 0.3) is 0 Å². The van der Waals surface area contributed by atoms with E-state index in [1.807, 2.05) is 4.90 Å². The van der Waals surface area contributed by atoms with Gasteiger partial charge in [-0.05, 0) is 31.0 Å². The summed E-state index contributed by atoms with van der Waals surface area (Å²) in [7, 11) is -4.16. The van der Waals surface area contributed by atoms with Crippen LogP contribution in [0.1, 0.15) is 32.1 Å². The second-order valence-electron chi connectivity index (χ2n) is 8.03. The van der Waals surface area contributed by atoms with Crippen LogP contribution < -0.4 is 0 Å². The first-order valence-electron chi connectivity index (χ1n) is 9.75. The van der Waals surface area contributed by atoms with Crippen LogP contribution in [-0.4, -0.2) is 67.2 Å². The third-order valence-electron chi connectivity index (χ3n) is 6.23. The fourth-order valence-electron chi connectivity index (χ4n) is 4.57. The number of halogens is 2. The van der Waals surface area contributed by atoms with Gasteiger partial charge in [0.2, 0.25) is 21.8 Å². The zero-order chi connectivity index (χ0) is 20.8. The van der Waals surface area contributed by atoms with Gasteiger partial charge in [0.1, 0.15) is 16.5 Å². The van der Waals surface area contributed by atoms with Gasteiger partial charge < -0.3 is 0 Å². The Bertz CT molecular complexity index is 939. The molecule has 0 bridgehead atoms. The Hall–Kier alpha value is -1.91. The molecule has 2 saturated heterocycles. The molecule has 2 aliphatic heterocycles. The summed E-state index contributed by atoms with van der Waals surface area (Å²) in [5, 5.41) is 0. The standard InChI is InChI=1S/C19H23F2N3O4S/c20-14-3-4-15(21)16(11-14)29(27,28)23-9-7-22(8-10-23)13-24-17(25)12-19(18(24)26)5-1-2-6-19/h3-4,11H,1-2,5-10,12-13H2. The minimum atomic E-state index is -4.16. The Morgan fingerprint density at radius 2 is 1.66 bits per heavy atom. The van der Waals surface area contributed by atoms with Gasteiger partial charge in [-0.2, -0.15) is 4.31 Å². The highest BCUT2D eigenvalue weighted by atomic mass is 32.2. The average molecular weight is 427 g/mol. The Balaban J connectivity index is 1.40. The second-order valence-corrected chi connectivity index (χ2v) is 9.94. The SMILES string of the molecule is O=C1CC2(CCCC2)C(=O)N1CN1CCN(S(=O)(=O)c2cc(F)ccc2F)CC1. The lowest BCUT2D eigenvalue weighted by Gasteiger charge is -2.35. The van der Waals surface area contributed by atoms with Gasteiger partial charge in [0, 0.05) is 32.6 Å². The Morgan fingerprint density at radius 3 is 2.31 bits per heavy atom. The molecule has 10 heteroatoms. The van der Waals surface area contributed by atoms with Crippen LogP contribution in [-0.2, 0) is 19.6 Å². The maximum absolute atomic E-state index is 13.9. The van der Waals surface area contributed by atoms with E-state index in [1.54, 1.807) is 0 Å². The molecule has 29 heavy (non-hydrogen) atoms. The quantitative estimate of drug-likeness (QED) is 0.682. The normalized spacial score (nSPS) is 23.4. The lowest BCUT2D eigenvalue weighted by atomic mass is 9.85. The third kappa shape index (κ3) is 3.57. The van der Waals surface area contributed by atoms with E-state index in [2.05, 4.69) is 0 Å². The first kappa shape index (κ1) is 20.4.